The summed E-state index contributed by atoms with van der Waals surface area (Å²) in [5, 5.41) is 4.74. The predicted octanol–water partition coefficient (Wildman–Crippen LogP) is 0.333. The van der Waals surface area contributed by atoms with E-state index in [1.807, 2.05) is 12.4 Å². The van der Waals surface area contributed by atoms with Gasteiger partial charge in [-0.2, -0.15) is 0 Å². The highest BCUT2D eigenvalue weighted by Crippen LogP contribution is 2.18. The molecule has 0 amide bonds. The third kappa shape index (κ3) is 1.68. The maximum Gasteiger partial charge on any atom is 0.132 e. The molecule has 0 saturated carbocycles. The van der Waals surface area contributed by atoms with Crippen molar-refractivity contribution >= 4 is 16.5 Å². The van der Waals surface area contributed by atoms with Crippen LogP contribution in [0.3, 0.4) is 0 Å². The van der Waals surface area contributed by atoms with Crippen LogP contribution in [0.1, 0.15) is 11.5 Å². The lowest BCUT2D eigenvalue weighted by Crippen LogP contribution is -2.33. The highest BCUT2D eigenvalue weighted by molar-refractivity contribution is 7.09. The van der Waals surface area contributed by atoms with Crippen molar-refractivity contribution in [2.75, 3.05) is 12.3 Å². The van der Waals surface area contributed by atoms with Crippen molar-refractivity contribution in [3.05, 3.63) is 23.9 Å². The number of fused-ring (bicyclic) bond motifs is 1. The summed E-state index contributed by atoms with van der Waals surface area (Å²) < 4.78 is 6.02. The normalized spacial score (nSPS) is 16.2. The van der Waals surface area contributed by atoms with Crippen molar-refractivity contribution < 1.29 is 0 Å². The van der Waals surface area contributed by atoms with Crippen molar-refractivity contribution in [1.82, 2.24) is 24.0 Å². The van der Waals surface area contributed by atoms with Gasteiger partial charge < -0.3 is 10.3 Å². The van der Waals surface area contributed by atoms with Gasteiger partial charge in [0.2, 0.25) is 0 Å². The van der Waals surface area contributed by atoms with Crippen LogP contribution in [-0.4, -0.2) is 30.6 Å². The highest BCUT2D eigenvalue weighted by atomic mass is 32.1. The van der Waals surface area contributed by atoms with Crippen molar-refractivity contribution in [3.63, 3.8) is 0 Å². The number of aromatic nitrogens is 4. The third-order valence-corrected chi connectivity index (χ3v) is 3.38. The number of nitrogens with zero attached hydrogens (tertiary/aromatic N) is 5. The van der Waals surface area contributed by atoms with Crippen LogP contribution in [0.15, 0.2) is 12.4 Å². The van der Waals surface area contributed by atoms with Gasteiger partial charge in [-0.05, 0) is 0 Å². The van der Waals surface area contributed by atoms with Crippen LogP contribution in [0.5, 0.6) is 0 Å². The van der Waals surface area contributed by atoms with Crippen LogP contribution in [0.4, 0.5) is 5.00 Å². The second-order valence-corrected chi connectivity index (χ2v) is 4.62. The molecular weight excluding hydrogens is 224 g/mol. The Morgan fingerprint density at radius 2 is 2.38 bits per heavy atom. The van der Waals surface area contributed by atoms with Crippen LogP contribution in [0.25, 0.3) is 0 Å². The summed E-state index contributed by atoms with van der Waals surface area (Å²) in [7, 11) is 0. The number of imidazole rings is 1. The monoisotopic (exact) mass is 236 g/mol. The first-order chi connectivity index (χ1) is 7.83. The molecule has 6 nitrogen and oxygen atoms in total. The second-order valence-electron chi connectivity index (χ2n) is 3.83. The molecule has 7 heteroatoms. The van der Waals surface area contributed by atoms with Crippen molar-refractivity contribution in [1.29, 1.82) is 0 Å². The fraction of sp³-hybridized carbons (Fsp3) is 0.444. The number of rotatable bonds is 2. The molecule has 0 unspecified atom stereocenters. The molecular formula is C9H12N6S. The SMILES string of the molecule is Nc1snnc1CN1CCn2ccnc2C1. The number of nitrogens with two attached hydrogens (primary N) is 1. The zero-order valence-corrected chi connectivity index (χ0v) is 9.52. The summed E-state index contributed by atoms with van der Waals surface area (Å²) in [5.74, 6) is 1.10. The fourth-order valence-electron chi connectivity index (χ4n) is 1.90. The van der Waals surface area contributed by atoms with E-state index in [0.717, 1.165) is 37.7 Å². The Balaban J connectivity index is 1.73. The van der Waals surface area contributed by atoms with Crippen molar-refractivity contribution in [3.8, 4) is 0 Å². The van der Waals surface area contributed by atoms with E-state index in [1.54, 1.807) is 0 Å². The predicted molar refractivity (Wildman–Crippen MR) is 60.7 cm³/mol. The topological polar surface area (TPSA) is 72.9 Å². The molecule has 2 aromatic rings. The smallest absolute Gasteiger partial charge is 0.132 e. The molecule has 0 radical (unpaired) electrons. The van der Waals surface area contributed by atoms with Gasteiger partial charge >= 0.3 is 0 Å². The molecule has 3 rings (SSSR count). The molecule has 84 valence electrons. The molecule has 16 heavy (non-hydrogen) atoms. The average Bonchev–Trinajstić information content (AvgIpc) is 2.88. The number of hydrogen-bond donors (Lipinski definition) is 1. The lowest BCUT2D eigenvalue weighted by molar-refractivity contribution is 0.207. The zero-order valence-electron chi connectivity index (χ0n) is 8.70. The van der Waals surface area contributed by atoms with Gasteiger partial charge in [0.15, 0.2) is 0 Å². The van der Waals surface area contributed by atoms with Crippen LogP contribution < -0.4 is 5.73 Å². The van der Waals surface area contributed by atoms with Crippen molar-refractivity contribution in [2.24, 2.45) is 0 Å². The summed E-state index contributed by atoms with van der Waals surface area (Å²) in [5.41, 5.74) is 6.66. The minimum absolute atomic E-state index is 0.717. The molecule has 3 heterocycles. The Hall–Kier alpha value is -1.47. The first-order valence-corrected chi connectivity index (χ1v) is 5.89. The molecule has 1 aliphatic rings. The van der Waals surface area contributed by atoms with E-state index in [2.05, 4.69) is 24.0 Å². The molecule has 0 fully saturated rings. The van der Waals surface area contributed by atoms with E-state index in [1.165, 1.54) is 11.5 Å². The summed E-state index contributed by atoms with van der Waals surface area (Å²) in [6, 6.07) is 0. The van der Waals surface area contributed by atoms with Crippen molar-refractivity contribution in [2.45, 2.75) is 19.6 Å². The molecule has 2 N–H and O–H groups in total. The maximum absolute atomic E-state index is 5.78. The summed E-state index contributed by atoms with van der Waals surface area (Å²) in [6.45, 7) is 3.59. The van der Waals surface area contributed by atoms with Crippen LogP contribution in [0.2, 0.25) is 0 Å². The van der Waals surface area contributed by atoms with Crippen LogP contribution in [-0.2, 0) is 19.6 Å². The van der Waals surface area contributed by atoms with Gasteiger partial charge in [-0.3, -0.25) is 4.90 Å². The lowest BCUT2D eigenvalue weighted by Gasteiger charge is -2.26. The highest BCUT2D eigenvalue weighted by Gasteiger charge is 2.18. The molecule has 0 bridgehead atoms. The van der Waals surface area contributed by atoms with Crippen LogP contribution in [0, 0.1) is 0 Å². The van der Waals surface area contributed by atoms with Crippen LogP contribution >= 0.6 is 11.5 Å². The van der Waals surface area contributed by atoms with Gasteiger partial charge in [-0.25, -0.2) is 4.98 Å². The first-order valence-electron chi connectivity index (χ1n) is 5.12. The van der Waals surface area contributed by atoms with E-state index in [-0.39, 0.29) is 0 Å². The van der Waals surface area contributed by atoms with Gasteiger partial charge in [-0.15, -0.1) is 5.10 Å². The third-order valence-electron chi connectivity index (χ3n) is 2.78. The lowest BCUT2D eigenvalue weighted by atomic mass is 10.3. The summed E-state index contributed by atoms with van der Waals surface area (Å²) in [4.78, 5) is 6.60. The Morgan fingerprint density at radius 3 is 3.19 bits per heavy atom. The van der Waals surface area contributed by atoms with Gasteiger partial charge in [0.05, 0.1) is 6.54 Å². The minimum Gasteiger partial charge on any atom is -0.388 e. The summed E-state index contributed by atoms with van der Waals surface area (Å²) >= 11 is 1.25. The second kappa shape index (κ2) is 3.84. The van der Waals surface area contributed by atoms with Gasteiger partial charge in [0.25, 0.3) is 0 Å². The van der Waals surface area contributed by atoms with Gasteiger partial charge in [-0.1, -0.05) is 4.49 Å². The summed E-state index contributed by atoms with van der Waals surface area (Å²) in [6.07, 6.45) is 3.86. The number of hydrogen-bond acceptors (Lipinski definition) is 6. The quantitative estimate of drug-likeness (QED) is 0.813. The fourth-order valence-corrected chi connectivity index (χ4v) is 2.33. The zero-order chi connectivity index (χ0) is 11.0. The molecule has 0 aromatic carbocycles. The van der Waals surface area contributed by atoms with E-state index >= 15 is 0 Å². The van der Waals surface area contributed by atoms with E-state index < -0.39 is 0 Å². The molecule has 0 spiro atoms. The Labute approximate surface area is 96.9 Å². The average molecular weight is 236 g/mol. The molecule has 1 aliphatic heterocycles. The molecule has 2 aromatic heterocycles. The van der Waals surface area contributed by atoms with E-state index in [9.17, 15) is 0 Å². The Morgan fingerprint density at radius 1 is 1.44 bits per heavy atom. The molecule has 0 aliphatic carbocycles. The number of anilines is 1. The first kappa shape index (κ1) is 9.73. The molecule has 0 saturated heterocycles. The van der Waals surface area contributed by atoms with E-state index in [0.29, 0.717) is 5.00 Å². The van der Waals surface area contributed by atoms with Gasteiger partial charge in [0.1, 0.15) is 16.5 Å². The largest absolute Gasteiger partial charge is 0.388 e. The Bertz CT molecular complexity index is 490. The molecule has 0 atom stereocenters. The maximum atomic E-state index is 5.78. The Kier molecular flexibility index (Phi) is 2.33. The van der Waals surface area contributed by atoms with E-state index in [4.69, 9.17) is 5.73 Å². The minimum atomic E-state index is 0.717. The standard InChI is InChI=1S/C9H12N6S/c10-9-7(12-13-16-9)5-14-3-4-15-2-1-11-8(15)6-14/h1-2H,3-6,10H2. The number of nitrogen functional groups attached to an aromatic ring is 1. The van der Waals surface area contributed by atoms with Gasteiger partial charge in [0, 0.05) is 43.6 Å².